The predicted octanol–water partition coefficient (Wildman–Crippen LogP) is 0.796. The monoisotopic (exact) mass is 224 g/mol. The van der Waals surface area contributed by atoms with Gasteiger partial charge in [0.05, 0.1) is 12.7 Å². The van der Waals surface area contributed by atoms with Crippen LogP contribution in [0.4, 0.5) is 4.39 Å². The van der Waals surface area contributed by atoms with Crippen LogP contribution in [0.15, 0.2) is 11.0 Å². The van der Waals surface area contributed by atoms with Crippen molar-refractivity contribution in [3.05, 3.63) is 22.4 Å². The zero-order chi connectivity index (χ0) is 11.9. The highest BCUT2D eigenvalue weighted by Gasteiger charge is 2.12. The maximum Gasteiger partial charge on any atom is 0.264 e. The molecule has 0 aliphatic heterocycles. The number of fused-ring (bicyclic) bond motifs is 1. The van der Waals surface area contributed by atoms with Crippen molar-refractivity contribution in [1.82, 2.24) is 19.3 Å². The van der Waals surface area contributed by atoms with Gasteiger partial charge in [-0.25, -0.2) is 9.37 Å². The molecule has 6 heteroatoms. The molecule has 2 rings (SSSR count). The first-order valence-corrected chi connectivity index (χ1v) is 5.04. The minimum absolute atomic E-state index is 0.0303. The smallest absolute Gasteiger partial charge is 0.264 e. The maximum absolute atomic E-state index is 12.9. The molecule has 5 nitrogen and oxygen atoms in total. The van der Waals surface area contributed by atoms with Crippen LogP contribution in [-0.4, -0.2) is 25.5 Å². The van der Waals surface area contributed by atoms with Crippen LogP contribution in [0.1, 0.15) is 12.7 Å². The van der Waals surface area contributed by atoms with E-state index in [1.807, 2.05) is 0 Å². The highest BCUT2D eigenvalue weighted by Crippen LogP contribution is 2.07. The molecule has 0 saturated carbocycles. The molecule has 0 N–H and O–H groups in total. The van der Waals surface area contributed by atoms with E-state index in [4.69, 9.17) is 0 Å². The lowest BCUT2D eigenvalue weighted by atomic mass is 10.3. The molecule has 0 amide bonds. The van der Waals surface area contributed by atoms with Gasteiger partial charge in [-0.15, -0.1) is 0 Å². The van der Waals surface area contributed by atoms with Gasteiger partial charge < -0.3 is 0 Å². The first kappa shape index (κ1) is 10.8. The summed E-state index contributed by atoms with van der Waals surface area (Å²) in [6, 6.07) is 0. The molecule has 0 aliphatic rings. The lowest BCUT2D eigenvalue weighted by Crippen LogP contribution is -2.27. The van der Waals surface area contributed by atoms with E-state index in [2.05, 4.69) is 10.1 Å². The van der Waals surface area contributed by atoms with Crippen molar-refractivity contribution in [2.45, 2.75) is 26.6 Å². The highest BCUT2D eigenvalue weighted by atomic mass is 19.1. The third kappa shape index (κ3) is 1.60. The van der Waals surface area contributed by atoms with Crippen molar-refractivity contribution in [1.29, 1.82) is 0 Å². The van der Waals surface area contributed by atoms with Gasteiger partial charge in [0, 0.05) is 7.05 Å². The van der Waals surface area contributed by atoms with Crippen LogP contribution in [0.25, 0.3) is 11.0 Å². The van der Waals surface area contributed by atoms with E-state index in [1.54, 1.807) is 14.0 Å². The van der Waals surface area contributed by atoms with Crippen LogP contribution < -0.4 is 5.56 Å². The van der Waals surface area contributed by atoms with Crippen molar-refractivity contribution in [3.8, 4) is 0 Å². The Labute approximate surface area is 91.5 Å². The van der Waals surface area contributed by atoms with Crippen LogP contribution in [0, 0.1) is 6.92 Å². The molecule has 0 spiro atoms. The number of alkyl halides is 1. The van der Waals surface area contributed by atoms with Crippen LogP contribution in [-0.2, 0) is 13.6 Å². The van der Waals surface area contributed by atoms with Crippen LogP contribution in [0.2, 0.25) is 0 Å². The average molecular weight is 224 g/mol. The number of aromatic nitrogens is 4. The summed E-state index contributed by atoms with van der Waals surface area (Å²) in [5.41, 5.74) is 0.297. The van der Waals surface area contributed by atoms with Crippen molar-refractivity contribution in [2.75, 3.05) is 0 Å². The molecular weight excluding hydrogens is 211 g/mol. The summed E-state index contributed by atoms with van der Waals surface area (Å²) < 4.78 is 15.8. The highest BCUT2D eigenvalue weighted by molar-refractivity contribution is 5.73. The summed E-state index contributed by atoms with van der Waals surface area (Å²) in [5, 5.41) is 4.39. The fourth-order valence-corrected chi connectivity index (χ4v) is 1.69. The fourth-order valence-electron chi connectivity index (χ4n) is 1.69. The molecule has 86 valence electrons. The maximum atomic E-state index is 12.9. The van der Waals surface area contributed by atoms with Gasteiger partial charge in [-0.05, 0) is 13.8 Å². The van der Waals surface area contributed by atoms with E-state index in [9.17, 15) is 9.18 Å². The topological polar surface area (TPSA) is 52.7 Å². The van der Waals surface area contributed by atoms with E-state index < -0.39 is 6.17 Å². The molecule has 2 heterocycles. The molecule has 0 saturated heterocycles. The molecule has 1 unspecified atom stereocenters. The Morgan fingerprint density at radius 2 is 2.25 bits per heavy atom. The van der Waals surface area contributed by atoms with Gasteiger partial charge in [0.2, 0.25) is 0 Å². The van der Waals surface area contributed by atoms with E-state index in [1.165, 1.54) is 22.4 Å². The first-order valence-electron chi connectivity index (χ1n) is 5.04. The summed E-state index contributed by atoms with van der Waals surface area (Å²) in [5.74, 6) is 0.505. The molecule has 0 bridgehead atoms. The summed E-state index contributed by atoms with van der Waals surface area (Å²) in [6.45, 7) is 3.14. The number of hydrogen-bond acceptors (Lipinski definition) is 3. The van der Waals surface area contributed by atoms with Gasteiger partial charge in [0.15, 0.2) is 5.65 Å². The number of halogens is 1. The van der Waals surface area contributed by atoms with Crippen LogP contribution >= 0.6 is 0 Å². The molecule has 2 aromatic heterocycles. The fraction of sp³-hybridized carbons (Fsp3) is 0.500. The molecule has 0 radical (unpaired) electrons. The Kier molecular flexibility index (Phi) is 2.49. The van der Waals surface area contributed by atoms with Crippen LogP contribution in [0.3, 0.4) is 0 Å². The number of hydrogen-bond donors (Lipinski definition) is 0. The van der Waals surface area contributed by atoms with Crippen molar-refractivity contribution in [2.24, 2.45) is 7.05 Å². The second-order valence-electron chi connectivity index (χ2n) is 3.86. The predicted molar refractivity (Wildman–Crippen MR) is 58.1 cm³/mol. The quantitative estimate of drug-likeness (QED) is 0.758. The summed E-state index contributed by atoms with van der Waals surface area (Å²) >= 11 is 0. The lowest BCUT2D eigenvalue weighted by Gasteiger charge is -2.09. The number of rotatable bonds is 2. The van der Waals surface area contributed by atoms with Crippen molar-refractivity contribution >= 4 is 11.0 Å². The van der Waals surface area contributed by atoms with Gasteiger partial charge in [-0.2, -0.15) is 5.10 Å². The van der Waals surface area contributed by atoms with E-state index in [-0.39, 0.29) is 12.1 Å². The van der Waals surface area contributed by atoms with E-state index in [0.717, 1.165) is 0 Å². The average Bonchev–Trinajstić information content (AvgIpc) is 2.55. The van der Waals surface area contributed by atoms with Crippen LogP contribution in [0.5, 0.6) is 0 Å². The zero-order valence-electron chi connectivity index (χ0n) is 9.44. The minimum atomic E-state index is -1.08. The van der Waals surface area contributed by atoms with Crippen molar-refractivity contribution < 1.29 is 4.39 Å². The lowest BCUT2D eigenvalue weighted by molar-refractivity contribution is 0.314. The van der Waals surface area contributed by atoms with Gasteiger partial charge >= 0.3 is 0 Å². The molecule has 2 aromatic rings. The number of aryl methyl sites for hydroxylation is 2. The molecule has 0 aliphatic carbocycles. The Morgan fingerprint density at radius 3 is 2.88 bits per heavy atom. The molecule has 0 fully saturated rings. The summed E-state index contributed by atoms with van der Waals surface area (Å²) in [6.07, 6.45) is 0.385. The molecule has 16 heavy (non-hydrogen) atoms. The largest absolute Gasteiger partial charge is 0.293 e. The summed E-state index contributed by atoms with van der Waals surface area (Å²) in [4.78, 5) is 16.2. The first-order chi connectivity index (χ1) is 7.50. The van der Waals surface area contributed by atoms with Gasteiger partial charge in [-0.1, -0.05) is 0 Å². The Balaban J connectivity index is 2.72. The molecular formula is C10H13FN4O. The van der Waals surface area contributed by atoms with E-state index in [0.29, 0.717) is 16.9 Å². The van der Waals surface area contributed by atoms with Crippen molar-refractivity contribution in [3.63, 3.8) is 0 Å². The summed E-state index contributed by atoms with van der Waals surface area (Å²) in [7, 11) is 1.72. The molecule has 1 atom stereocenters. The van der Waals surface area contributed by atoms with E-state index >= 15 is 0 Å². The third-order valence-electron chi connectivity index (χ3n) is 2.48. The zero-order valence-corrected chi connectivity index (χ0v) is 9.44. The van der Waals surface area contributed by atoms with Gasteiger partial charge in [0.25, 0.3) is 5.56 Å². The third-order valence-corrected chi connectivity index (χ3v) is 2.48. The second kappa shape index (κ2) is 3.70. The van der Waals surface area contributed by atoms with Gasteiger partial charge in [0.1, 0.15) is 17.4 Å². The normalized spacial score (nSPS) is 13.2. The molecule has 0 aromatic carbocycles. The minimum Gasteiger partial charge on any atom is -0.293 e. The SMILES string of the molecule is Cc1nc2c(cnn2C)c(=O)n1CC(C)F. The second-order valence-corrected chi connectivity index (χ2v) is 3.86. The standard InChI is InChI=1S/C10H13FN4O/c1-6(11)5-15-7(2)13-9-8(10(15)16)4-12-14(9)3/h4,6H,5H2,1-3H3. The van der Waals surface area contributed by atoms with Gasteiger partial charge in [-0.3, -0.25) is 14.0 Å². The Morgan fingerprint density at radius 1 is 1.56 bits per heavy atom. The Bertz CT molecular complexity index is 584. The Hall–Kier alpha value is -1.72. The number of nitrogens with zero attached hydrogens (tertiary/aromatic N) is 4.